The second kappa shape index (κ2) is 7.73. The van der Waals surface area contributed by atoms with Crippen molar-refractivity contribution in [2.75, 3.05) is 0 Å². The van der Waals surface area contributed by atoms with E-state index in [2.05, 4.69) is 22.1 Å². The van der Waals surface area contributed by atoms with E-state index in [0.29, 0.717) is 6.61 Å². The fourth-order valence-corrected chi connectivity index (χ4v) is 2.58. The van der Waals surface area contributed by atoms with E-state index >= 15 is 0 Å². The van der Waals surface area contributed by atoms with Crippen molar-refractivity contribution in [3.63, 3.8) is 0 Å². The minimum Gasteiger partial charge on any atom is -0.487 e. The Kier molecular flexibility index (Phi) is 5.21. The third kappa shape index (κ3) is 3.92. The van der Waals surface area contributed by atoms with Crippen LogP contribution in [0.5, 0.6) is 0 Å². The van der Waals surface area contributed by atoms with Crippen molar-refractivity contribution < 1.29 is 4.74 Å². The minimum absolute atomic E-state index is 0. The first-order valence-electron chi connectivity index (χ1n) is 7.85. The summed E-state index contributed by atoms with van der Waals surface area (Å²) in [4.78, 5) is 11.1. The number of ether oxygens (including phenoxy) is 1. The highest BCUT2D eigenvalue weighted by Gasteiger charge is 2.18. The topological polar surface area (TPSA) is 53.2 Å². The van der Waals surface area contributed by atoms with E-state index < -0.39 is 0 Å². The summed E-state index contributed by atoms with van der Waals surface area (Å²) in [5, 5.41) is 0. The summed E-state index contributed by atoms with van der Waals surface area (Å²) >= 11 is 0. The van der Waals surface area contributed by atoms with Gasteiger partial charge in [-0.2, -0.15) is 0 Å². The van der Waals surface area contributed by atoms with Crippen LogP contribution in [0.4, 0.5) is 0 Å². The molecule has 0 saturated heterocycles. The molecule has 2 aromatic heterocycles. The number of aromatic amines is 2. The molecule has 1 aromatic carbocycles. The molecule has 0 saturated carbocycles. The molecule has 0 fully saturated rings. The minimum atomic E-state index is 0. The highest BCUT2D eigenvalue weighted by atomic mass is 35.5. The molecule has 0 amide bonds. The molecule has 1 aliphatic rings. The van der Waals surface area contributed by atoms with Crippen LogP contribution in [0.2, 0.25) is 0 Å². The molecule has 5 heteroatoms. The van der Waals surface area contributed by atoms with Gasteiger partial charge in [0.25, 0.3) is 0 Å². The Labute approximate surface area is 152 Å². The van der Waals surface area contributed by atoms with Gasteiger partial charge in [-0.25, -0.2) is 4.99 Å². The van der Waals surface area contributed by atoms with Gasteiger partial charge in [0.1, 0.15) is 18.1 Å². The predicted molar refractivity (Wildman–Crippen MR) is 103 cm³/mol. The molecule has 4 nitrogen and oxygen atoms in total. The van der Waals surface area contributed by atoms with Crippen LogP contribution in [0.1, 0.15) is 17.0 Å². The summed E-state index contributed by atoms with van der Waals surface area (Å²) in [5.41, 5.74) is 4.80. The Morgan fingerprint density at radius 2 is 1.72 bits per heavy atom. The molecule has 0 bridgehead atoms. The Morgan fingerprint density at radius 3 is 2.44 bits per heavy atom. The largest absolute Gasteiger partial charge is 0.487 e. The zero-order valence-corrected chi connectivity index (χ0v) is 14.3. The summed E-state index contributed by atoms with van der Waals surface area (Å²) < 4.78 is 6.03. The van der Waals surface area contributed by atoms with Gasteiger partial charge in [-0.15, -0.1) is 12.4 Å². The van der Waals surface area contributed by atoms with Gasteiger partial charge in [0.15, 0.2) is 0 Å². The van der Waals surface area contributed by atoms with Crippen LogP contribution in [0.25, 0.3) is 6.08 Å². The number of allylic oxidation sites excluding steroid dienone is 1. The van der Waals surface area contributed by atoms with E-state index in [-0.39, 0.29) is 12.4 Å². The van der Waals surface area contributed by atoms with Crippen molar-refractivity contribution in [1.82, 2.24) is 9.97 Å². The smallest absolute Gasteiger partial charge is 0.147 e. The first-order chi connectivity index (χ1) is 11.9. The molecule has 0 spiro atoms. The summed E-state index contributed by atoms with van der Waals surface area (Å²) in [6.07, 6.45) is 7.75. The van der Waals surface area contributed by atoms with Crippen LogP contribution < -0.4 is 0 Å². The van der Waals surface area contributed by atoms with Crippen LogP contribution in [0, 0.1) is 0 Å². The van der Waals surface area contributed by atoms with E-state index in [9.17, 15) is 0 Å². The SMILES string of the molecule is C(=C1N=C(c2ccc[nH]2)C=C1OCc1ccccc1)c1ccc[nH]1.Cl. The summed E-state index contributed by atoms with van der Waals surface area (Å²) in [7, 11) is 0. The maximum atomic E-state index is 6.03. The Bertz CT molecular complexity index is 892. The van der Waals surface area contributed by atoms with Gasteiger partial charge >= 0.3 is 0 Å². The lowest BCUT2D eigenvalue weighted by Gasteiger charge is -2.07. The molecule has 2 N–H and O–H groups in total. The van der Waals surface area contributed by atoms with Gasteiger partial charge < -0.3 is 14.7 Å². The van der Waals surface area contributed by atoms with E-state index in [0.717, 1.165) is 34.1 Å². The maximum Gasteiger partial charge on any atom is 0.147 e. The third-order valence-corrected chi connectivity index (χ3v) is 3.79. The number of halogens is 1. The first-order valence-corrected chi connectivity index (χ1v) is 7.85. The van der Waals surface area contributed by atoms with Crippen molar-refractivity contribution in [2.24, 2.45) is 4.99 Å². The average molecular weight is 352 g/mol. The van der Waals surface area contributed by atoms with Crippen LogP contribution >= 0.6 is 12.4 Å². The molecule has 1 aliphatic heterocycles. The Morgan fingerprint density at radius 1 is 0.920 bits per heavy atom. The van der Waals surface area contributed by atoms with Crippen LogP contribution in [-0.2, 0) is 11.3 Å². The molecular formula is C20H18ClN3O. The molecule has 0 unspecified atom stereocenters. The third-order valence-electron chi connectivity index (χ3n) is 3.79. The Balaban J connectivity index is 0.00000182. The molecule has 0 atom stereocenters. The number of aromatic nitrogens is 2. The lowest BCUT2D eigenvalue weighted by molar-refractivity contribution is 0.208. The van der Waals surface area contributed by atoms with Crippen molar-refractivity contribution >= 4 is 24.2 Å². The molecule has 0 radical (unpaired) electrons. The molecule has 0 aliphatic carbocycles. The fraction of sp³-hybridized carbons (Fsp3) is 0.0500. The second-order valence-corrected chi connectivity index (χ2v) is 5.52. The first kappa shape index (κ1) is 16.9. The summed E-state index contributed by atoms with van der Waals surface area (Å²) in [6.45, 7) is 0.516. The van der Waals surface area contributed by atoms with E-state index in [4.69, 9.17) is 9.73 Å². The van der Waals surface area contributed by atoms with E-state index in [1.165, 1.54) is 0 Å². The Hall–Kier alpha value is -2.98. The standard InChI is InChI=1S/C20H17N3O.ClH/c1-2-6-15(7-3-1)14-24-20-13-18(17-9-5-11-22-17)23-19(20)12-16-8-4-10-21-16;/h1-13,21-22H,14H2;1H. The summed E-state index contributed by atoms with van der Waals surface area (Å²) in [6, 6.07) is 18.1. The molecule has 3 heterocycles. The summed E-state index contributed by atoms with van der Waals surface area (Å²) in [5.74, 6) is 0.776. The van der Waals surface area contributed by atoms with Gasteiger partial charge in [-0.05, 0) is 35.9 Å². The van der Waals surface area contributed by atoms with Gasteiger partial charge in [0.05, 0.1) is 11.4 Å². The number of hydrogen-bond acceptors (Lipinski definition) is 2. The number of H-pyrrole nitrogens is 2. The van der Waals surface area contributed by atoms with Crippen LogP contribution in [0.3, 0.4) is 0 Å². The lowest BCUT2D eigenvalue weighted by atomic mass is 10.2. The zero-order valence-electron chi connectivity index (χ0n) is 13.5. The van der Waals surface area contributed by atoms with Gasteiger partial charge in [-0.3, -0.25) is 0 Å². The van der Waals surface area contributed by atoms with Gasteiger partial charge in [0.2, 0.25) is 0 Å². The number of benzene rings is 1. The van der Waals surface area contributed by atoms with Crippen molar-refractivity contribution in [1.29, 1.82) is 0 Å². The fourth-order valence-electron chi connectivity index (χ4n) is 2.58. The van der Waals surface area contributed by atoms with Crippen molar-refractivity contribution in [3.8, 4) is 0 Å². The molecule has 126 valence electrons. The van der Waals surface area contributed by atoms with Gasteiger partial charge in [0, 0.05) is 24.2 Å². The predicted octanol–water partition coefficient (Wildman–Crippen LogP) is 4.71. The maximum absolute atomic E-state index is 6.03. The monoisotopic (exact) mass is 351 g/mol. The van der Waals surface area contributed by atoms with Crippen molar-refractivity contribution in [3.05, 3.63) is 101 Å². The quantitative estimate of drug-likeness (QED) is 0.687. The molecule has 25 heavy (non-hydrogen) atoms. The number of nitrogens with one attached hydrogen (secondary N) is 2. The van der Waals surface area contributed by atoms with Gasteiger partial charge in [-0.1, -0.05) is 30.3 Å². The number of hydrogen-bond donors (Lipinski definition) is 2. The van der Waals surface area contributed by atoms with E-state index in [1.807, 2.05) is 67.0 Å². The normalized spacial score (nSPS) is 14.8. The van der Waals surface area contributed by atoms with Crippen molar-refractivity contribution in [2.45, 2.75) is 6.61 Å². The number of aliphatic imine (C=N–C) groups is 1. The molecule has 3 aromatic rings. The second-order valence-electron chi connectivity index (χ2n) is 5.52. The highest BCUT2D eigenvalue weighted by Crippen LogP contribution is 2.25. The molecular weight excluding hydrogens is 334 g/mol. The number of nitrogens with zero attached hydrogens (tertiary/aromatic N) is 1. The number of rotatable bonds is 5. The average Bonchev–Trinajstić information content (AvgIpc) is 3.36. The van der Waals surface area contributed by atoms with Crippen LogP contribution in [0.15, 0.2) is 89.5 Å². The van der Waals surface area contributed by atoms with E-state index in [1.54, 1.807) is 0 Å². The molecule has 4 rings (SSSR count). The lowest BCUT2D eigenvalue weighted by Crippen LogP contribution is -1.95. The zero-order chi connectivity index (χ0) is 16.2. The van der Waals surface area contributed by atoms with Crippen LogP contribution in [-0.4, -0.2) is 15.7 Å². The highest BCUT2D eigenvalue weighted by molar-refractivity contribution is 6.11.